The second kappa shape index (κ2) is 5.72. The van der Waals surface area contributed by atoms with E-state index in [4.69, 9.17) is 0 Å². The van der Waals surface area contributed by atoms with Gasteiger partial charge in [-0.3, -0.25) is 0 Å². The highest BCUT2D eigenvalue weighted by Crippen LogP contribution is 1.95. The van der Waals surface area contributed by atoms with Gasteiger partial charge in [0.2, 0.25) is 0 Å². The van der Waals surface area contributed by atoms with Crippen LogP contribution in [-0.2, 0) is 0 Å². The van der Waals surface area contributed by atoms with Gasteiger partial charge in [-0.05, 0) is 19.3 Å². The minimum atomic E-state index is 1.02. The lowest BCUT2D eigenvalue weighted by atomic mass is 10.2. The summed E-state index contributed by atoms with van der Waals surface area (Å²) in [7, 11) is 0. The minimum Gasteiger partial charge on any atom is -0.0839 e. The summed E-state index contributed by atoms with van der Waals surface area (Å²) in [6.45, 7) is 0. The molecule has 57 valence electrons. The van der Waals surface area contributed by atoms with E-state index < -0.39 is 0 Å². The van der Waals surface area contributed by atoms with Crippen molar-refractivity contribution in [3.8, 4) is 0 Å². The third-order valence-electron chi connectivity index (χ3n) is 1.42. The lowest BCUT2D eigenvalue weighted by Crippen LogP contribution is -1.63. The van der Waals surface area contributed by atoms with Crippen molar-refractivity contribution in [2.45, 2.75) is 12.8 Å². The molecule has 1 rings (SSSR count). The summed E-state index contributed by atoms with van der Waals surface area (Å²) in [5.41, 5.74) is 0. The van der Waals surface area contributed by atoms with Crippen LogP contribution in [0.15, 0.2) is 48.6 Å². The van der Waals surface area contributed by atoms with Gasteiger partial charge in [0.05, 0.1) is 0 Å². The van der Waals surface area contributed by atoms with E-state index >= 15 is 0 Å². The quantitative estimate of drug-likeness (QED) is 0.491. The van der Waals surface area contributed by atoms with Gasteiger partial charge in [0, 0.05) is 0 Å². The first-order valence-corrected chi connectivity index (χ1v) is 3.97. The Morgan fingerprint density at radius 2 is 1.18 bits per heavy atom. The van der Waals surface area contributed by atoms with Gasteiger partial charge in [0.1, 0.15) is 0 Å². The molecule has 0 aliphatic heterocycles. The van der Waals surface area contributed by atoms with Gasteiger partial charge in [-0.15, -0.1) is 0 Å². The zero-order valence-electron chi connectivity index (χ0n) is 6.61. The van der Waals surface area contributed by atoms with Gasteiger partial charge in [-0.2, -0.15) is 0 Å². The Balaban J connectivity index is 2.47. The highest BCUT2D eigenvalue weighted by atomic mass is 13.8. The number of rotatable bonds is 0. The molecule has 0 aromatic carbocycles. The van der Waals surface area contributed by atoms with E-state index in [0.717, 1.165) is 12.8 Å². The van der Waals surface area contributed by atoms with Crippen molar-refractivity contribution in [1.82, 2.24) is 0 Å². The molecular weight excluding hydrogens is 132 g/mol. The molecule has 0 spiro atoms. The fourth-order valence-electron chi connectivity index (χ4n) is 0.850. The van der Waals surface area contributed by atoms with Crippen LogP contribution in [0.4, 0.5) is 0 Å². The molecular formula is C11H13. The second-order valence-corrected chi connectivity index (χ2v) is 2.38. The van der Waals surface area contributed by atoms with Crippen LogP contribution in [0.25, 0.3) is 0 Å². The molecule has 1 aliphatic carbocycles. The van der Waals surface area contributed by atoms with Crippen molar-refractivity contribution in [3.63, 3.8) is 0 Å². The largest absolute Gasteiger partial charge is 0.0839 e. The second-order valence-electron chi connectivity index (χ2n) is 2.38. The first kappa shape index (κ1) is 8.06. The van der Waals surface area contributed by atoms with E-state index in [9.17, 15) is 0 Å². The summed E-state index contributed by atoms with van der Waals surface area (Å²) in [6.07, 6.45) is 21.0. The normalized spacial score (nSPS) is 29.8. The standard InChI is InChI=1S/C11H13/c1-2-4-6-8-10-11-9-7-5-3-1/h1-5,8-11H,6-7H2/b2-1+,5-3-,10-8+,11-9-. The molecule has 0 heteroatoms. The zero-order chi connectivity index (χ0) is 7.78. The summed E-state index contributed by atoms with van der Waals surface area (Å²) in [6, 6.07) is 0. The van der Waals surface area contributed by atoms with E-state index in [1.165, 1.54) is 0 Å². The van der Waals surface area contributed by atoms with Crippen LogP contribution >= 0.6 is 0 Å². The van der Waals surface area contributed by atoms with Crippen LogP contribution in [0.1, 0.15) is 12.8 Å². The van der Waals surface area contributed by atoms with Crippen LogP contribution < -0.4 is 0 Å². The van der Waals surface area contributed by atoms with Gasteiger partial charge in [0.25, 0.3) is 0 Å². The Morgan fingerprint density at radius 3 is 2.00 bits per heavy atom. The van der Waals surface area contributed by atoms with Crippen molar-refractivity contribution < 1.29 is 0 Å². The van der Waals surface area contributed by atoms with Gasteiger partial charge in [-0.1, -0.05) is 48.6 Å². The molecule has 0 heterocycles. The topological polar surface area (TPSA) is 0 Å². The summed E-state index contributed by atoms with van der Waals surface area (Å²) in [5.74, 6) is 0. The van der Waals surface area contributed by atoms with E-state index in [-0.39, 0.29) is 0 Å². The Bertz CT molecular complexity index is 170. The van der Waals surface area contributed by atoms with Gasteiger partial charge in [0.15, 0.2) is 0 Å². The maximum absolute atomic E-state index is 2.14. The van der Waals surface area contributed by atoms with Crippen molar-refractivity contribution in [3.05, 3.63) is 55.0 Å². The third-order valence-corrected chi connectivity index (χ3v) is 1.42. The molecule has 1 aliphatic rings. The lowest BCUT2D eigenvalue weighted by Gasteiger charge is -1.81. The Kier molecular flexibility index (Phi) is 4.19. The van der Waals surface area contributed by atoms with E-state index in [0.29, 0.717) is 0 Å². The molecule has 0 atom stereocenters. The summed E-state index contributed by atoms with van der Waals surface area (Å²) in [4.78, 5) is 0. The maximum atomic E-state index is 2.14. The monoisotopic (exact) mass is 145 g/mol. The third kappa shape index (κ3) is 4.38. The minimum absolute atomic E-state index is 1.02. The van der Waals surface area contributed by atoms with Crippen molar-refractivity contribution in [1.29, 1.82) is 0 Å². The first-order valence-electron chi connectivity index (χ1n) is 3.97. The van der Waals surface area contributed by atoms with E-state index in [1.807, 2.05) is 0 Å². The molecule has 1 radical (unpaired) electrons. The van der Waals surface area contributed by atoms with Crippen LogP contribution in [0.5, 0.6) is 0 Å². The molecule has 0 bridgehead atoms. The Labute approximate surface area is 68.6 Å². The van der Waals surface area contributed by atoms with Crippen LogP contribution in [0, 0.1) is 6.42 Å². The smallest absolute Gasteiger partial charge is 0.0130 e. The molecule has 0 fully saturated rings. The maximum Gasteiger partial charge on any atom is -0.0130 e. The number of allylic oxidation sites excluding steroid dienone is 8. The molecule has 0 nitrogen and oxygen atoms in total. The van der Waals surface area contributed by atoms with Gasteiger partial charge in [-0.25, -0.2) is 0 Å². The van der Waals surface area contributed by atoms with E-state index in [1.54, 1.807) is 0 Å². The average Bonchev–Trinajstić information content (AvgIpc) is 2.08. The number of hydrogen-bond acceptors (Lipinski definition) is 0. The van der Waals surface area contributed by atoms with Crippen molar-refractivity contribution >= 4 is 0 Å². The molecule has 0 saturated carbocycles. The molecule has 0 amide bonds. The van der Waals surface area contributed by atoms with E-state index in [2.05, 4.69) is 55.0 Å². The molecule has 0 unspecified atom stereocenters. The predicted molar refractivity (Wildman–Crippen MR) is 50.1 cm³/mol. The van der Waals surface area contributed by atoms with Crippen LogP contribution in [0.3, 0.4) is 0 Å². The van der Waals surface area contributed by atoms with Gasteiger partial charge < -0.3 is 0 Å². The first-order chi connectivity index (χ1) is 5.50. The summed E-state index contributed by atoms with van der Waals surface area (Å²) in [5, 5.41) is 0. The highest BCUT2D eigenvalue weighted by Gasteiger charge is 1.76. The summed E-state index contributed by atoms with van der Waals surface area (Å²) >= 11 is 0. The SMILES string of the molecule is [CH]1/C=C/C=C\C/C=C\C=C\C1. The molecule has 0 saturated heterocycles. The fourth-order valence-corrected chi connectivity index (χ4v) is 0.850. The van der Waals surface area contributed by atoms with Gasteiger partial charge >= 0.3 is 0 Å². The molecule has 0 aromatic heterocycles. The molecule has 0 N–H and O–H groups in total. The lowest BCUT2D eigenvalue weighted by molar-refractivity contribution is 1.29. The highest BCUT2D eigenvalue weighted by molar-refractivity contribution is 5.14. The van der Waals surface area contributed by atoms with Crippen molar-refractivity contribution in [2.24, 2.45) is 0 Å². The number of hydrogen-bond donors (Lipinski definition) is 0. The Morgan fingerprint density at radius 1 is 0.545 bits per heavy atom. The molecule has 11 heavy (non-hydrogen) atoms. The average molecular weight is 145 g/mol. The summed E-state index contributed by atoms with van der Waals surface area (Å²) < 4.78 is 0. The zero-order valence-corrected chi connectivity index (χ0v) is 6.61. The molecule has 0 aromatic rings. The predicted octanol–water partition coefficient (Wildman–Crippen LogP) is 3.21. The van der Waals surface area contributed by atoms with Crippen LogP contribution in [-0.4, -0.2) is 0 Å². The Hall–Kier alpha value is -1.04. The van der Waals surface area contributed by atoms with Crippen LogP contribution in [0.2, 0.25) is 0 Å². The van der Waals surface area contributed by atoms with Crippen molar-refractivity contribution in [2.75, 3.05) is 0 Å². The fraction of sp³-hybridized carbons (Fsp3) is 0.182.